The third-order valence-electron chi connectivity index (χ3n) is 6.80. The van der Waals surface area contributed by atoms with Crippen LogP contribution in [0.5, 0.6) is 0 Å². The molecule has 2 aromatic carbocycles. The van der Waals surface area contributed by atoms with Crippen molar-refractivity contribution in [1.29, 1.82) is 0 Å². The molecular weight excluding hydrogens is 473 g/mol. The number of benzene rings is 2. The monoisotopic (exact) mass is 499 g/mol. The van der Waals surface area contributed by atoms with E-state index in [4.69, 9.17) is 17.0 Å². The molecule has 0 radical (unpaired) electrons. The van der Waals surface area contributed by atoms with E-state index in [1.54, 1.807) is 18.3 Å². The van der Waals surface area contributed by atoms with Gasteiger partial charge in [0.2, 0.25) is 0 Å². The predicted octanol–water partition coefficient (Wildman–Crippen LogP) is 5.03. The van der Waals surface area contributed by atoms with Crippen LogP contribution in [0.4, 0.5) is 15.8 Å². The van der Waals surface area contributed by atoms with E-state index >= 15 is 0 Å². The van der Waals surface area contributed by atoms with Crippen LogP contribution >= 0.6 is 12.2 Å². The van der Waals surface area contributed by atoms with Gasteiger partial charge in [-0.3, -0.25) is 4.98 Å². The van der Waals surface area contributed by atoms with E-state index < -0.39 is 0 Å². The van der Waals surface area contributed by atoms with Gasteiger partial charge in [-0.2, -0.15) is 0 Å². The zero-order valence-corrected chi connectivity index (χ0v) is 20.4. The van der Waals surface area contributed by atoms with Crippen LogP contribution in [-0.4, -0.2) is 41.0 Å². The van der Waals surface area contributed by atoms with Gasteiger partial charge in [0.05, 0.1) is 30.6 Å². The van der Waals surface area contributed by atoms with Crippen molar-refractivity contribution in [3.63, 3.8) is 0 Å². The molecule has 4 aromatic rings. The van der Waals surface area contributed by atoms with Crippen LogP contribution < -0.4 is 15.1 Å². The van der Waals surface area contributed by atoms with Crippen LogP contribution in [0.3, 0.4) is 0 Å². The van der Waals surface area contributed by atoms with Crippen LogP contribution in [0.1, 0.15) is 23.5 Å². The van der Waals surface area contributed by atoms with Crippen molar-refractivity contribution in [2.75, 3.05) is 36.1 Å². The van der Waals surface area contributed by atoms with Crippen molar-refractivity contribution in [2.24, 2.45) is 0 Å². The fraction of sp³-hybridized carbons (Fsp3) is 0.214. The first-order valence-electron chi connectivity index (χ1n) is 12.1. The SMILES string of the molecule is Fc1ccccc1-n1cccc1[C@H]1[C@H](c2ccccn2)NC(=S)N1c1ccc(N2CCOCC2)cc1. The smallest absolute Gasteiger partial charge is 0.174 e. The maximum Gasteiger partial charge on any atom is 0.174 e. The molecule has 6 nitrogen and oxygen atoms in total. The number of ether oxygens (including phenoxy) is 1. The molecule has 0 aliphatic carbocycles. The Morgan fingerprint density at radius 3 is 2.39 bits per heavy atom. The average Bonchev–Trinajstić information content (AvgIpc) is 3.54. The fourth-order valence-electron chi connectivity index (χ4n) is 5.08. The molecule has 2 aromatic heterocycles. The van der Waals surface area contributed by atoms with Crippen molar-refractivity contribution in [3.05, 3.63) is 108 Å². The summed E-state index contributed by atoms with van der Waals surface area (Å²) >= 11 is 5.87. The van der Waals surface area contributed by atoms with Crippen LogP contribution in [-0.2, 0) is 4.74 Å². The van der Waals surface area contributed by atoms with E-state index in [-0.39, 0.29) is 17.9 Å². The molecular formula is C28H26FN5OS. The molecule has 2 saturated heterocycles. The molecule has 0 saturated carbocycles. The summed E-state index contributed by atoms with van der Waals surface area (Å²) in [7, 11) is 0. The minimum Gasteiger partial charge on any atom is -0.378 e. The molecule has 8 heteroatoms. The zero-order chi connectivity index (χ0) is 24.5. The first-order chi connectivity index (χ1) is 17.7. The zero-order valence-electron chi connectivity index (χ0n) is 19.6. The average molecular weight is 500 g/mol. The number of pyridine rings is 1. The van der Waals surface area contributed by atoms with E-state index in [9.17, 15) is 4.39 Å². The molecule has 2 aliphatic heterocycles. The summed E-state index contributed by atoms with van der Waals surface area (Å²) in [5.41, 5.74) is 4.42. The number of aromatic nitrogens is 2. The molecule has 0 spiro atoms. The minimum atomic E-state index is -0.278. The number of para-hydroxylation sites is 1. The Labute approximate surface area is 214 Å². The normalized spacial score (nSPS) is 20.0. The molecule has 2 aliphatic rings. The highest BCUT2D eigenvalue weighted by Crippen LogP contribution is 2.42. The van der Waals surface area contributed by atoms with Crippen molar-refractivity contribution < 1.29 is 9.13 Å². The Morgan fingerprint density at radius 1 is 0.889 bits per heavy atom. The van der Waals surface area contributed by atoms with Crippen LogP contribution in [0.2, 0.25) is 0 Å². The number of nitrogens with one attached hydrogen (secondary N) is 1. The minimum absolute atomic E-state index is 0.210. The highest BCUT2D eigenvalue weighted by Gasteiger charge is 2.42. The lowest BCUT2D eigenvalue weighted by Gasteiger charge is -2.31. The number of hydrogen-bond donors (Lipinski definition) is 1. The van der Waals surface area contributed by atoms with E-state index in [0.717, 1.165) is 49.1 Å². The number of rotatable bonds is 5. The molecule has 2 atom stereocenters. The topological polar surface area (TPSA) is 45.6 Å². The summed E-state index contributed by atoms with van der Waals surface area (Å²) < 4.78 is 22.3. The van der Waals surface area contributed by atoms with Crippen molar-refractivity contribution in [2.45, 2.75) is 12.1 Å². The number of hydrogen-bond acceptors (Lipinski definition) is 4. The fourth-order valence-corrected chi connectivity index (χ4v) is 5.43. The molecule has 0 amide bonds. The van der Waals surface area contributed by atoms with Gasteiger partial charge in [0.1, 0.15) is 11.9 Å². The van der Waals surface area contributed by atoms with Gasteiger partial charge >= 0.3 is 0 Å². The van der Waals surface area contributed by atoms with Gasteiger partial charge in [0.25, 0.3) is 0 Å². The summed E-state index contributed by atoms with van der Waals surface area (Å²) in [4.78, 5) is 9.07. The Bertz CT molecular complexity index is 1350. The standard InChI is InChI=1S/C28H26FN5OS/c29-22-6-1-2-8-24(22)33-15-5-9-25(33)27-26(23-7-3-4-14-30-23)31-28(36)34(27)21-12-10-20(11-13-21)32-16-18-35-19-17-32/h1-15,26-27H,16-19H2,(H,31,36)/t26-,27-/m0/s1. The van der Waals surface area contributed by atoms with E-state index in [0.29, 0.717) is 10.8 Å². The maximum atomic E-state index is 14.9. The molecule has 0 unspecified atom stereocenters. The van der Waals surface area contributed by atoms with Crippen LogP contribution in [0.15, 0.2) is 91.3 Å². The lowest BCUT2D eigenvalue weighted by molar-refractivity contribution is 0.122. The highest BCUT2D eigenvalue weighted by atomic mass is 32.1. The second-order valence-corrected chi connectivity index (χ2v) is 9.25. The first-order valence-corrected chi connectivity index (χ1v) is 12.5. The number of thiocarbonyl (C=S) groups is 1. The molecule has 6 rings (SSSR count). The predicted molar refractivity (Wildman–Crippen MR) is 143 cm³/mol. The van der Waals surface area contributed by atoms with E-state index in [1.807, 2.05) is 47.2 Å². The number of morpholine rings is 1. The van der Waals surface area contributed by atoms with Crippen molar-refractivity contribution >= 4 is 28.7 Å². The maximum absolute atomic E-state index is 14.9. The van der Waals surface area contributed by atoms with Gasteiger partial charge in [0.15, 0.2) is 5.11 Å². The third-order valence-corrected chi connectivity index (χ3v) is 7.11. The number of nitrogens with zero attached hydrogens (tertiary/aromatic N) is 4. The second kappa shape index (κ2) is 9.72. The Morgan fingerprint density at radius 2 is 1.64 bits per heavy atom. The van der Waals surface area contributed by atoms with Crippen LogP contribution in [0, 0.1) is 5.82 Å². The van der Waals surface area contributed by atoms with Crippen molar-refractivity contribution in [3.8, 4) is 5.69 Å². The number of halogens is 1. The Hall–Kier alpha value is -3.75. The summed E-state index contributed by atoms with van der Waals surface area (Å²) in [6.07, 6.45) is 3.68. The van der Waals surface area contributed by atoms with Crippen molar-refractivity contribution in [1.82, 2.24) is 14.9 Å². The summed E-state index contributed by atoms with van der Waals surface area (Å²) in [5.74, 6) is -0.278. The Balaban J connectivity index is 1.43. The second-order valence-electron chi connectivity index (χ2n) is 8.87. The summed E-state index contributed by atoms with van der Waals surface area (Å²) in [6.45, 7) is 3.23. The van der Waals surface area contributed by atoms with Gasteiger partial charge in [0, 0.05) is 42.6 Å². The van der Waals surface area contributed by atoms with E-state index in [1.165, 1.54) is 6.07 Å². The third kappa shape index (κ3) is 4.12. The quantitative estimate of drug-likeness (QED) is 0.389. The molecule has 4 heterocycles. The van der Waals surface area contributed by atoms with Gasteiger partial charge in [-0.25, -0.2) is 4.39 Å². The first kappa shape index (κ1) is 22.7. The molecule has 2 fully saturated rings. The lowest BCUT2D eigenvalue weighted by atomic mass is 10.0. The highest BCUT2D eigenvalue weighted by molar-refractivity contribution is 7.80. The summed E-state index contributed by atoms with van der Waals surface area (Å²) in [5, 5.41) is 4.10. The Kier molecular flexibility index (Phi) is 6.13. The molecule has 1 N–H and O–H groups in total. The molecule has 36 heavy (non-hydrogen) atoms. The van der Waals surface area contributed by atoms with Gasteiger partial charge in [-0.15, -0.1) is 0 Å². The largest absolute Gasteiger partial charge is 0.378 e. The van der Waals surface area contributed by atoms with Gasteiger partial charge in [-0.1, -0.05) is 18.2 Å². The number of anilines is 2. The van der Waals surface area contributed by atoms with Gasteiger partial charge < -0.3 is 24.4 Å². The lowest BCUT2D eigenvalue weighted by Crippen LogP contribution is -2.36. The van der Waals surface area contributed by atoms with Crippen LogP contribution in [0.25, 0.3) is 5.69 Å². The molecule has 182 valence electrons. The summed E-state index contributed by atoms with van der Waals surface area (Å²) in [6, 6.07) is 24.7. The molecule has 0 bridgehead atoms. The van der Waals surface area contributed by atoms with E-state index in [2.05, 4.69) is 44.4 Å². The van der Waals surface area contributed by atoms with Gasteiger partial charge in [-0.05, 0) is 72.9 Å².